The third kappa shape index (κ3) is 13.9. The first-order valence-electron chi connectivity index (χ1n) is 17.6. The van der Waals surface area contributed by atoms with Crippen molar-refractivity contribution in [2.75, 3.05) is 54.7 Å². The minimum Gasteiger partial charge on any atom is -0.497 e. The van der Waals surface area contributed by atoms with E-state index in [-0.39, 0.29) is 38.8 Å². The van der Waals surface area contributed by atoms with Gasteiger partial charge in [0.2, 0.25) is 0 Å². The van der Waals surface area contributed by atoms with E-state index < -0.39 is 18.0 Å². The Hall–Kier alpha value is -5.06. The number of rotatable bonds is 23. The molecule has 0 fully saturated rings. The van der Waals surface area contributed by atoms with Crippen molar-refractivity contribution >= 4 is 11.9 Å². The summed E-state index contributed by atoms with van der Waals surface area (Å²) in [5.74, 6) is 1.39. The molecule has 10 nitrogen and oxygen atoms in total. The second kappa shape index (κ2) is 21.3. The molecule has 10 heteroatoms. The molecule has 0 bridgehead atoms. The van der Waals surface area contributed by atoms with Crippen molar-refractivity contribution in [1.29, 1.82) is 0 Å². The molecule has 0 spiro atoms. The van der Waals surface area contributed by atoms with E-state index in [1.54, 1.807) is 14.2 Å². The lowest BCUT2D eigenvalue weighted by Gasteiger charge is -2.25. The van der Waals surface area contributed by atoms with Crippen LogP contribution in [0.25, 0.3) is 0 Å². The molecule has 0 aliphatic rings. The van der Waals surface area contributed by atoms with Crippen LogP contribution in [0, 0.1) is 0 Å². The molecular weight excluding hydrogens is 662 g/mol. The fourth-order valence-electron chi connectivity index (χ4n) is 5.66. The number of likely N-dealkylation sites (N-methyl/N-ethyl adjacent to an activating group) is 1. The highest BCUT2D eigenvalue weighted by Crippen LogP contribution is 2.24. The molecule has 0 aliphatic heterocycles. The first kappa shape index (κ1) is 39.7. The number of esters is 1. The van der Waals surface area contributed by atoms with Crippen LogP contribution < -0.4 is 18.9 Å². The summed E-state index contributed by atoms with van der Waals surface area (Å²) in [6.45, 7) is 0.878. The van der Waals surface area contributed by atoms with Crippen LogP contribution in [-0.2, 0) is 44.7 Å². The zero-order valence-electron chi connectivity index (χ0n) is 30.6. The number of para-hydroxylation sites is 2. The molecule has 0 saturated heterocycles. The van der Waals surface area contributed by atoms with Gasteiger partial charge in [-0.25, -0.2) is 0 Å². The summed E-state index contributed by atoms with van der Waals surface area (Å²) in [6, 6.07) is 31.7. The first-order valence-corrected chi connectivity index (χ1v) is 17.6. The Bertz CT molecular complexity index is 1690. The lowest BCUT2D eigenvalue weighted by atomic mass is 10.0. The van der Waals surface area contributed by atoms with E-state index in [4.69, 9.17) is 33.5 Å². The van der Waals surface area contributed by atoms with Crippen molar-refractivity contribution < 1.29 is 43.1 Å². The lowest BCUT2D eigenvalue weighted by Crippen LogP contribution is -2.38. The average molecular weight is 714 g/mol. The van der Waals surface area contributed by atoms with Gasteiger partial charge in [-0.05, 0) is 98.4 Å². The highest BCUT2D eigenvalue weighted by molar-refractivity contribution is 5.76. The van der Waals surface area contributed by atoms with E-state index in [1.165, 1.54) is 5.56 Å². The molecule has 278 valence electrons. The summed E-state index contributed by atoms with van der Waals surface area (Å²) in [5, 5.41) is 9.10. The minimum absolute atomic E-state index is 0.0254. The lowest BCUT2D eigenvalue weighted by molar-refractivity contribution is -0.158. The van der Waals surface area contributed by atoms with Gasteiger partial charge in [-0.1, -0.05) is 60.7 Å². The zero-order chi connectivity index (χ0) is 37.1. The number of carbonyl (C=O) groups excluding carboxylic acids is 1. The van der Waals surface area contributed by atoms with Gasteiger partial charge in [-0.2, -0.15) is 0 Å². The van der Waals surface area contributed by atoms with E-state index in [9.17, 15) is 9.59 Å². The monoisotopic (exact) mass is 713 g/mol. The Balaban J connectivity index is 1.40. The predicted octanol–water partition coefficient (Wildman–Crippen LogP) is 6.46. The molecule has 0 aromatic heterocycles. The second-order valence-corrected chi connectivity index (χ2v) is 12.8. The van der Waals surface area contributed by atoms with Gasteiger partial charge in [-0.15, -0.1) is 0 Å². The Morgan fingerprint density at radius 1 is 0.635 bits per heavy atom. The topological polar surface area (TPSA) is 113 Å². The fraction of sp³-hybridized carbons (Fsp3) is 0.381. The van der Waals surface area contributed by atoms with Crippen molar-refractivity contribution in [3.8, 4) is 23.0 Å². The van der Waals surface area contributed by atoms with Crippen LogP contribution in [0.1, 0.15) is 35.1 Å². The maximum atomic E-state index is 12.7. The Kier molecular flexibility index (Phi) is 16.3. The summed E-state index contributed by atoms with van der Waals surface area (Å²) in [7, 11) is 7.22. The highest BCUT2D eigenvalue weighted by atomic mass is 16.6. The van der Waals surface area contributed by atoms with Crippen molar-refractivity contribution in [2.45, 2.75) is 50.7 Å². The van der Waals surface area contributed by atoms with Gasteiger partial charge >= 0.3 is 11.9 Å². The van der Waals surface area contributed by atoms with Crippen LogP contribution in [0.5, 0.6) is 23.0 Å². The predicted molar refractivity (Wildman–Crippen MR) is 200 cm³/mol. The van der Waals surface area contributed by atoms with Gasteiger partial charge < -0.3 is 38.4 Å². The maximum absolute atomic E-state index is 12.7. The number of aliphatic carboxylic acids is 1. The van der Waals surface area contributed by atoms with Crippen LogP contribution in [-0.4, -0.2) is 88.8 Å². The molecular formula is C42H51NO9. The number of aryl methyl sites for hydroxylation is 4. The Morgan fingerprint density at radius 2 is 1.15 bits per heavy atom. The van der Waals surface area contributed by atoms with Crippen molar-refractivity contribution in [3.05, 3.63) is 119 Å². The SMILES string of the molecule is COc1cccc(CCc2ccccc2OCC(CN(C)C)OCC(COc2ccccc2CCc2cccc(OC)c2)OC(=O)CCC(=O)O)c1. The number of carboxylic acids is 1. The Morgan fingerprint density at radius 3 is 1.65 bits per heavy atom. The Labute approximate surface area is 307 Å². The number of nitrogens with zero attached hydrogens (tertiary/aromatic N) is 1. The van der Waals surface area contributed by atoms with E-state index in [2.05, 4.69) is 18.2 Å². The van der Waals surface area contributed by atoms with Gasteiger partial charge in [0.1, 0.15) is 42.3 Å². The second-order valence-electron chi connectivity index (χ2n) is 12.8. The van der Waals surface area contributed by atoms with Crippen LogP contribution in [0.4, 0.5) is 0 Å². The van der Waals surface area contributed by atoms with E-state index >= 15 is 0 Å². The molecule has 0 aliphatic carbocycles. The molecule has 0 heterocycles. The standard InChI is InChI=1S/C42H51NO9/c1-43(2)27-37(28-50-39-17-7-5-13-33(39)21-19-31-11-9-15-35(25-31)47-3)49-29-38(52-42(46)24-23-41(44)45)30-51-40-18-8-6-14-34(40)22-20-32-12-10-16-36(26-32)48-4/h5-18,25-26,37-38H,19-24,27-30H2,1-4H3,(H,44,45). The molecule has 4 rings (SSSR count). The molecule has 1 N–H and O–H groups in total. The highest BCUT2D eigenvalue weighted by Gasteiger charge is 2.22. The normalized spacial score (nSPS) is 12.2. The van der Waals surface area contributed by atoms with Gasteiger partial charge in [0.15, 0.2) is 6.10 Å². The summed E-state index contributed by atoms with van der Waals surface area (Å²) in [6.07, 6.45) is 1.40. The third-order valence-corrected chi connectivity index (χ3v) is 8.36. The van der Waals surface area contributed by atoms with Crippen molar-refractivity contribution in [1.82, 2.24) is 4.90 Å². The van der Waals surface area contributed by atoms with Crippen LogP contribution in [0.2, 0.25) is 0 Å². The number of ether oxygens (including phenoxy) is 6. The van der Waals surface area contributed by atoms with E-state index in [1.807, 2.05) is 97.9 Å². The molecule has 52 heavy (non-hydrogen) atoms. The van der Waals surface area contributed by atoms with E-state index in [0.29, 0.717) is 12.3 Å². The summed E-state index contributed by atoms with van der Waals surface area (Å²) < 4.78 is 35.4. The molecule has 0 saturated carbocycles. The van der Waals surface area contributed by atoms with Crippen molar-refractivity contribution in [2.24, 2.45) is 0 Å². The van der Waals surface area contributed by atoms with Crippen molar-refractivity contribution in [3.63, 3.8) is 0 Å². The zero-order valence-corrected chi connectivity index (χ0v) is 30.6. The summed E-state index contributed by atoms with van der Waals surface area (Å²) >= 11 is 0. The molecule has 2 unspecified atom stereocenters. The van der Waals surface area contributed by atoms with Crippen LogP contribution >= 0.6 is 0 Å². The van der Waals surface area contributed by atoms with Gasteiger partial charge in [-0.3, -0.25) is 9.59 Å². The van der Waals surface area contributed by atoms with Gasteiger partial charge in [0, 0.05) is 6.54 Å². The van der Waals surface area contributed by atoms with Crippen LogP contribution in [0.15, 0.2) is 97.1 Å². The van der Waals surface area contributed by atoms with Crippen LogP contribution in [0.3, 0.4) is 0 Å². The third-order valence-electron chi connectivity index (χ3n) is 8.36. The summed E-state index contributed by atoms with van der Waals surface area (Å²) in [5.41, 5.74) is 4.40. The summed E-state index contributed by atoms with van der Waals surface area (Å²) in [4.78, 5) is 25.8. The number of carboxylic acid groups (broad SMARTS) is 1. The minimum atomic E-state index is -1.07. The smallest absolute Gasteiger partial charge is 0.306 e. The number of hydrogen-bond acceptors (Lipinski definition) is 9. The maximum Gasteiger partial charge on any atom is 0.306 e. The van der Waals surface area contributed by atoms with Gasteiger partial charge in [0.05, 0.1) is 33.7 Å². The van der Waals surface area contributed by atoms with E-state index in [0.717, 1.165) is 59.6 Å². The van der Waals surface area contributed by atoms with Gasteiger partial charge in [0.25, 0.3) is 0 Å². The largest absolute Gasteiger partial charge is 0.497 e. The molecule has 2 atom stereocenters. The molecule has 4 aromatic rings. The number of benzene rings is 4. The molecule has 0 amide bonds. The number of carbonyl (C=O) groups is 2. The number of hydrogen-bond donors (Lipinski definition) is 1. The fourth-order valence-corrected chi connectivity index (χ4v) is 5.66. The average Bonchev–Trinajstić information content (AvgIpc) is 3.15. The quantitative estimate of drug-likeness (QED) is 0.0861. The molecule has 0 radical (unpaired) electrons. The first-order chi connectivity index (χ1) is 25.2. The molecule has 4 aromatic carbocycles. The number of methoxy groups -OCH3 is 2.